The first-order valence-corrected chi connectivity index (χ1v) is 8.56. The molecule has 1 unspecified atom stereocenters. The van der Waals surface area contributed by atoms with Crippen molar-refractivity contribution in [2.24, 2.45) is 12.5 Å². The third-order valence-electron chi connectivity index (χ3n) is 5.28. The minimum atomic E-state index is -0.435. The summed E-state index contributed by atoms with van der Waals surface area (Å²) < 4.78 is 1.70. The number of rotatable bonds is 3. The number of carbonyl (C=O) groups excluding carboxylic acids is 2. The smallest absolute Gasteiger partial charge is 0.235 e. The second-order valence-corrected chi connectivity index (χ2v) is 6.92. The van der Waals surface area contributed by atoms with E-state index < -0.39 is 5.41 Å². The van der Waals surface area contributed by atoms with Crippen LogP contribution in [0.4, 0.5) is 5.69 Å². The van der Waals surface area contributed by atoms with Gasteiger partial charge in [0.2, 0.25) is 11.8 Å². The zero-order valence-electron chi connectivity index (χ0n) is 14.3. The molecule has 0 saturated carbocycles. The molecule has 0 bridgehead atoms. The number of likely N-dealkylation sites (tertiary alicyclic amines) is 1. The second-order valence-electron chi connectivity index (χ2n) is 6.92. The van der Waals surface area contributed by atoms with Crippen LogP contribution in [0.1, 0.15) is 18.5 Å². The van der Waals surface area contributed by atoms with Crippen LogP contribution in [0.2, 0.25) is 0 Å². The fourth-order valence-electron chi connectivity index (χ4n) is 3.85. The Morgan fingerprint density at radius 1 is 1.28 bits per heavy atom. The highest BCUT2D eigenvalue weighted by atomic mass is 16.2. The fourth-order valence-corrected chi connectivity index (χ4v) is 3.85. The summed E-state index contributed by atoms with van der Waals surface area (Å²) in [6, 6.07) is 5.57. The van der Waals surface area contributed by atoms with Crippen LogP contribution >= 0.6 is 0 Å². The van der Waals surface area contributed by atoms with Crippen LogP contribution in [0.3, 0.4) is 0 Å². The molecule has 7 heteroatoms. The molecule has 2 aromatic rings. The average Bonchev–Trinajstić information content (AvgIpc) is 3.30. The van der Waals surface area contributed by atoms with Gasteiger partial charge >= 0.3 is 0 Å². The number of anilines is 1. The van der Waals surface area contributed by atoms with Crippen molar-refractivity contribution in [3.05, 3.63) is 42.5 Å². The van der Waals surface area contributed by atoms with Gasteiger partial charge in [0.1, 0.15) is 0 Å². The second kappa shape index (κ2) is 5.98. The fraction of sp³-hybridized carbons (Fsp3) is 0.444. The largest absolute Gasteiger partial charge is 0.341 e. The molecule has 4 rings (SSSR count). The number of nitrogens with zero attached hydrogens (tertiary/aromatic N) is 5. The van der Waals surface area contributed by atoms with E-state index >= 15 is 0 Å². The normalized spacial score (nSPS) is 23.0. The molecule has 1 spiro atoms. The van der Waals surface area contributed by atoms with Crippen molar-refractivity contribution in [2.75, 3.05) is 24.5 Å². The lowest BCUT2D eigenvalue weighted by molar-refractivity contribution is -0.130. The number of aryl methyl sites for hydroxylation is 1. The van der Waals surface area contributed by atoms with Gasteiger partial charge in [-0.25, -0.2) is 0 Å². The summed E-state index contributed by atoms with van der Waals surface area (Å²) in [5.74, 6) is 0.164. The van der Waals surface area contributed by atoms with Crippen LogP contribution in [0.25, 0.3) is 0 Å². The summed E-state index contributed by atoms with van der Waals surface area (Å²) in [5, 5.41) is 4.15. The molecular formula is C18H21N5O2. The Kier molecular flexibility index (Phi) is 3.78. The summed E-state index contributed by atoms with van der Waals surface area (Å²) in [6.07, 6.45) is 7.08. The van der Waals surface area contributed by atoms with Gasteiger partial charge in [0.25, 0.3) is 0 Å². The first-order chi connectivity index (χ1) is 12.1. The zero-order valence-corrected chi connectivity index (χ0v) is 14.3. The molecule has 25 heavy (non-hydrogen) atoms. The zero-order chi connectivity index (χ0) is 17.4. The third-order valence-corrected chi connectivity index (χ3v) is 5.28. The van der Waals surface area contributed by atoms with Gasteiger partial charge in [-0.05, 0) is 25.0 Å². The van der Waals surface area contributed by atoms with Crippen LogP contribution in [0.15, 0.2) is 36.8 Å². The number of amides is 2. The Morgan fingerprint density at radius 3 is 2.84 bits per heavy atom. The van der Waals surface area contributed by atoms with Gasteiger partial charge in [-0.2, -0.15) is 5.10 Å². The molecule has 1 atom stereocenters. The van der Waals surface area contributed by atoms with Gasteiger partial charge in [0.05, 0.1) is 23.7 Å². The highest BCUT2D eigenvalue weighted by Gasteiger charge is 2.52. The number of hydrogen-bond donors (Lipinski definition) is 0. The molecule has 130 valence electrons. The van der Waals surface area contributed by atoms with Crippen LogP contribution < -0.4 is 4.90 Å². The van der Waals surface area contributed by atoms with Gasteiger partial charge in [-0.15, -0.1) is 0 Å². The Balaban J connectivity index is 1.45. The van der Waals surface area contributed by atoms with Gasteiger partial charge in [-0.1, -0.05) is 6.07 Å². The molecule has 0 radical (unpaired) electrons. The predicted octanol–water partition coefficient (Wildman–Crippen LogP) is 1.01. The Labute approximate surface area is 146 Å². The molecule has 0 aliphatic carbocycles. The SMILES string of the molecule is Cn1cc(N2CCC3(CCN(C(=O)Cc4ccccn4)C3)C2=O)cn1. The topological polar surface area (TPSA) is 71.3 Å². The monoisotopic (exact) mass is 339 g/mol. The molecule has 2 saturated heterocycles. The molecule has 2 aliphatic heterocycles. The maximum Gasteiger partial charge on any atom is 0.235 e. The molecule has 2 aliphatic rings. The summed E-state index contributed by atoms with van der Waals surface area (Å²) in [4.78, 5) is 33.4. The highest BCUT2D eigenvalue weighted by Crippen LogP contribution is 2.42. The van der Waals surface area contributed by atoms with Crippen molar-refractivity contribution in [2.45, 2.75) is 19.3 Å². The van der Waals surface area contributed by atoms with Crippen molar-refractivity contribution < 1.29 is 9.59 Å². The Bertz CT molecular complexity index is 803. The molecule has 0 N–H and O–H groups in total. The lowest BCUT2D eigenvalue weighted by Crippen LogP contribution is -2.38. The van der Waals surface area contributed by atoms with Crippen LogP contribution in [0, 0.1) is 5.41 Å². The molecule has 2 amide bonds. The van der Waals surface area contributed by atoms with Crippen LogP contribution in [-0.4, -0.2) is 51.1 Å². The Morgan fingerprint density at radius 2 is 2.12 bits per heavy atom. The van der Waals surface area contributed by atoms with Crippen LogP contribution in [0.5, 0.6) is 0 Å². The lowest BCUT2D eigenvalue weighted by atomic mass is 9.85. The predicted molar refractivity (Wildman–Crippen MR) is 91.7 cm³/mol. The van der Waals surface area contributed by atoms with Gasteiger partial charge in [0, 0.05) is 44.8 Å². The number of carbonyl (C=O) groups is 2. The third kappa shape index (κ3) is 2.79. The number of hydrogen-bond acceptors (Lipinski definition) is 4. The van der Waals surface area contributed by atoms with Gasteiger partial charge in [-0.3, -0.25) is 19.3 Å². The van der Waals surface area contributed by atoms with Crippen molar-refractivity contribution in [3.8, 4) is 0 Å². The maximum atomic E-state index is 13.0. The van der Waals surface area contributed by atoms with Gasteiger partial charge in [0.15, 0.2) is 0 Å². The summed E-state index contributed by atoms with van der Waals surface area (Å²) in [7, 11) is 1.84. The molecule has 2 fully saturated rings. The molecule has 2 aromatic heterocycles. The van der Waals surface area contributed by atoms with Crippen molar-refractivity contribution in [1.29, 1.82) is 0 Å². The van der Waals surface area contributed by atoms with E-state index in [9.17, 15) is 9.59 Å². The molecule has 0 aromatic carbocycles. The molecule has 4 heterocycles. The van der Waals surface area contributed by atoms with E-state index in [1.165, 1.54) is 0 Å². The Hall–Kier alpha value is -2.70. The van der Waals surface area contributed by atoms with E-state index in [-0.39, 0.29) is 18.2 Å². The molecular weight excluding hydrogens is 318 g/mol. The van der Waals surface area contributed by atoms with Crippen molar-refractivity contribution >= 4 is 17.5 Å². The van der Waals surface area contributed by atoms with E-state index in [0.717, 1.165) is 24.2 Å². The van der Waals surface area contributed by atoms with E-state index in [2.05, 4.69) is 10.1 Å². The molecule has 7 nitrogen and oxygen atoms in total. The summed E-state index contributed by atoms with van der Waals surface area (Å²) in [6.45, 7) is 1.83. The van der Waals surface area contributed by atoms with Crippen LogP contribution in [-0.2, 0) is 23.1 Å². The minimum Gasteiger partial charge on any atom is -0.341 e. The summed E-state index contributed by atoms with van der Waals surface area (Å²) in [5.41, 5.74) is 1.17. The first-order valence-electron chi connectivity index (χ1n) is 8.56. The van der Waals surface area contributed by atoms with Crippen molar-refractivity contribution in [3.63, 3.8) is 0 Å². The van der Waals surface area contributed by atoms with E-state index in [1.54, 1.807) is 22.0 Å². The van der Waals surface area contributed by atoms with E-state index in [1.807, 2.05) is 36.3 Å². The highest BCUT2D eigenvalue weighted by molar-refractivity contribution is 6.00. The number of aromatic nitrogens is 3. The standard InChI is InChI=1S/C18H21N5O2/c1-21-12-15(11-20-21)23-9-6-18(17(23)25)5-8-22(13-18)16(24)10-14-4-2-3-7-19-14/h2-4,7,11-12H,5-6,8-10,13H2,1H3. The number of pyridine rings is 1. The lowest BCUT2D eigenvalue weighted by Gasteiger charge is -2.23. The average molecular weight is 339 g/mol. The van der Waals surface area contributed by atoms with Crippen molar-refractivity contribution in [1.82, 2.24) is 19.7 Å². The summed E-state index contributed by atoms with van der Waals surface area (Å²) >= 11 is 0. The quantitative estimate of drug-likeness (QED) is 0.837. The minimum absolute atomic E-state index is 0.0446. The van der Waals surface area contributed by atoms with E-state index in [4.69, 9.17) is 0 Å². The first kappa shape index (κ1) is 15.8. The van der Waals surface area contributed by atoms with Gasteiger partial charge < -0.3 is 9.80 Å². The maximum absolute atomic E-state index is 13.0. The van der Waals surface area contributed by atoms with E-state index in [0.29, 0.717) is 19.6 Å².